The Labute approximate surface area is 129 Å². The van der Waals surface area contributed by atoms with Crippen molar-refractivity contribution in [2.45, 2.75) is 58.4 Å². The summed E-state index contributed by atoms with van der Waals surface area (Å²) in [6.07, 6.45) is 6.18. The Balaban J connectivity index is 1.93. The van der Waals surface area contributed by atoms with Gasteiger partial charge in [-0.2, -0.15) is 0 Å². The number of nitrogens with zero attached hydrogens (tertiary/aromatic N) is 2. The number of carbonyl (C=O) groups is 1. The predicted octanol–water partition coefficient (Wildman–Crippen LogP) is 2.68. The first-order valence-electron chi connectivity index (χ1n) is 8.63. The molecule has 0 atom stereocenters. The molecule has 0 bridgehead atoms. The molecule has 1 saturated heterocycles. The van der Waals surface area contributed by atoms with Crippen LogP contribution in [0.2, 0.25) is 0 Å². The summed E-state index contributed by atoms with van der Waals surface area (Å²) < 4.78 is 0. The minimum absolute atomic E-state index is 0.497. The van der Waals surface area contributed by atoms with Crippen LogP contribution in [0.5, 0.6) is 0 Å². The van der Waals surface area contributed by atoms with Crippen molar-refractivity contribution in [2.75, 3.05) is 33.2 Å². The van der Waals surface area contributed by atoms with Crippen molar-refractivity contribution in [1.29, 1.82) is 0 Å². The summed E-state index contributed by atoms with van der Waals surface area (Å²) in [7, 11) is 2.13. The van der Waals surface area contributed by atoms with Gasteiger partial charge in [-0.15, -0.1) is 0 Å². The Kier molecular flexibility index (Phi) is 5.67. The average Bonchev–Trinajstić information content (AvgIpc) is 2.49. The zero-order valence-electron chi connectivity index (χ0n) is 14.0. The van der Waals surface area contributed by atoms with Crippen LogP contribution in [0.25, 0.3) is 0 Å². The van der Waals surface area contributed by atoms with Gasteiger partial charge in [0.1, 0.15) is 0 Å². The molecule has 122 valence electrons. The van der Waals surface area contributed by atoms with Gasteiger partial charge in [-0.05, 0) is 71.1 Å². The highest BCUT2D eigenvalue weighted by Crippen LogP contribution is 2.40. The second-order valence-corrected chi connectivity index (χ2v) is 7.35. The molecule has 0 aromatic carbocycles. The molecule has 1 aliphatic carbocycles. The highest BCUT2D eigenvalue weighted by atomic mass is 16.4. The van der Waals surface area contributed by atoms with E-state index in [-0.39, 0.29) is 0 Å². The molecule has 0 spiro atoms. The topological polar surface area (TPSA) is 43.8 Å². The first-order chi connectivity index (χ1) is 9.97. The Morgan fingerprint density at radius 2 is 1.81 bits per heavy atom. The molecule has 0 aromatic heterocycles. The van der Waals surface area contributed by atoms with Gasteiger partial charge in [-0.3, -0.25) is 4.79 Å². The highest BCUT2D eigenvalue weighted by molar-refractivity contribution is 5.75. The largest absolute Gasteiger partial charge is 0.481 e. The van der Waals surface area contributed by atoms with Crippen LogP contribution in [0.3, 0.4) is 0 Å². The molecule has 2 fully saturated rings. The van der Waals surface area contributed by atoms with E-state index in [0.29, 0.717) is 12.0 Å². The fraction of sp³-hybridized carbons (Fsp3) is 0.941. The van der Waals surface area contributed by atoms with Gasteiger partial charge in [0.05, 0.1) is 5.41 Å². The normalized spacial score (nSPS) is 32.5. The lowest BCUT2D eigenvalue weighted by atomic mass is 9.70. The zero-order chi connectivity index (χ0) is 15.5. The molecule has 1 aliphatic heterocycles. The monoisotopic (exact) mass is 296 g/mol. The molecule has 2 aliphatic rings. The van der Waals surface area contributed by atoms with E-state index in [4.69, 9.17) is 0 Å². The van der Waals surface area contributed by atoms with Crippen molar-refractivity contribution in [2.24, 2.45) is 11.3 Å². The van der Waals surface area contributed by atoms with E-state index in [1.807, 2.05) is 0 Å². The van der Waals surface area contributed by atoms with Crippen LogP contribution in [0.4, 0.5) is 0 Å². The Bertz CT molecular complexity index is 343. The molecule has 4 nitrogen and oxygen atoms in total. The maximum atomic E-state index is 11.9. The Morgan fingerprint density at radius 3 is 2.29 bits per heavy atom. The third kappa shape index (κ3) is 3.98. The molecule has 0 amide bonds. The number of hydrogen-bond donors (Lipinski definition) is 1. The fourth-order valence-electron chi connectivity index (χ4n) is 4.04. The molecule has 4 heteroatoms. The average molecular weight is 296 g/mol. The lowest BCUT2D eigenvalue weighted by Crippen LogP contribution is -2.50. The van der Waals surface area contributed by atoms with E-state index in [1.165, 1.54) is 12.8 Å². The molecule has 1 saturated carbocycles. The first kappa shape index (κ1) is 16.8. The summed E-state index contributed by atoms with van der Waals surface area (Å²) in [6.45, 7) is 8.63. The molecule has 1 N–H and O–H groups in total. The van der Waals surface area contributed by atoms with E-state index < -0.39 is 11.4 Å². The van der Waals surface area contributed by atoms with Crippen LogP contribution >= 0.6 is 0 Å². The lowest BCUT2D eigenvalue weighted by Gasteiger charge is -2.42. The molecular weight excluding hydrogens is 264 g/mol. The highest BCUT2D eigenvalue weighted by Gasteiger charge is 2.42. The lowest BCUT2D eigenvalue weighted by molar-refractivity contribution is -0.153. The second kappa shape index (κ2) is 7.10. The SMILES string of the molecule is CCN1CCC(N(C)CC2(C(=O)O)CCC(C)CC2)CC1. The van der Waals surface area contributed by atoms with Crippen LogP contribution in [-0.2, 0) is 4.79 Å². The molecular formula is C17H32N2O2. The zero-order valence-corrected chi connectivity index (χ0v) is 14.0. The molecule has 21 heavy (non-hydrogen) atoms. The Hall–Kier alpha value is -0.610. The maximum Gasteiger partial charge on any atom is 0.310 e. The molecule has 1 heterocycles. The van der Waals surface area contributed by atoms with E-state index in [9.17, 15) is 9.90 Å². The third-order valence-corrected chi connectivity index (χ3v) is 5.86. The summed E-state index contributed by atoms with van der Waals surface area (Å²) in [4.78, 5) is 16.7. The Morgan fingerprint density at radius 1 is 1.24 bits per heavy atom. The van der Waals surface area contributed by atoms with Crippen molar-refractivity contribution in [3.63, 3.8) is 0 Å². The standard InChI is InChI=1S/C17H32N2O2/c1-4-19-11-7-15(8-12-19)18(3)13-17(16(20)21)9-5-14(2)6-10-17/h14-15H,4-13H2,1-3H3,(H,20,21). The van der Waals surface area contributed by atoms with Crippen LogP contribution in [0.1, 0.15) is 52.4 Å². The van der Waals surface area contributed by atoms with Crippen LogP contribution in [-0.4, -0.2) is 60.1 Å². The van der Waals surface area contributed by atoms with Gasteiger partial charge in [0, 0.05) is 12.6 Å². The van der Waals surface area contributed by atoms with Gasteiger partial charge in [0.25, 0.3) is 0 Å². The second-order valence-electron chi connectivity index (χ2n) is 7.35. The number of carboxylic acid groups (broad SMARTS) is 1. The van der Waals surface area contributed by atoms with Gasteiger partial charge < -0.3 is 14.9 Å². The van der Waals surface area contributed by atoms with Crippen molar-refractivity contribution >= 4 is 5.97 Å². The number of rotatable bonds is 5. The van der Waals surface area contributed by atoms with Gasteiger partial charge in [-0.1, -0.05) is 13.8 Å². The fourth-order valence-corrected chi connectivity index (χ4v) is 4.04. The van der Waals surface area contributed by atoms with Crippen molar-refractivity contribution in [3.05, 3.63) is 0 Å². The minimum Gasteiger partial charge on any atom is -0.481 e. The van der Waals surface area contributed by atoms with E-state index >= 15 is 0 Å². The molecule has 0 unspecified atom stereocenters. The van der Waals surface area contributed by atoms with Crippen LogP contribution in [0, 0.1) is 11.3 Å². The maximum absolute atomic E-state index is 11.9. The quantitative estimate of drug-likeness (QED) is 0.847. The number of hydrogen-bond acceptors (Lipinski definition) is 3. The minimum atomic E-state index is -0.577. The summed E-state index contributed by atoms with van der Waals surface area (Å²) in [5, 5.41) is 9.77. The third-order valence-electron chi connectivity index (χ3n) is 5.86. The molecule has 0 radical (unpaired) electrons. The van der Waals surface area contributed by atoms with Crippen LogP contribution < -0.4 is 0 Å². The van der Waals surface area contributed by atoms with Gasteiger partial charge in [0.15, 0.2) is 0 Å². The van der Waals surface area contributed by atoms with Gasteiger partial charge in [0.2, 0.25) is 0 Å². The van der Waals surface area contributed by atoms with Crippen LogP contribution in [0.15, 0.2) is 0 Å². The summed E-state index contributed by atoms with van der Waals surface area (Å²) >= 11 is 0. The van der Waals surface area contributed by atoms with E-state index in [0.717, 1.165) is 51.9 Å². The smallest absolute Gasteiger partial charge is 0.310 e. The predicted molar refractivity (Wildman–Crippen MR) is 85.5 cm³/mol. The van der Waals surface area contributed by atoms with Gasteiger partial charge in [-0.25, -0.2) is 0 Å². The molecule has 0 aromatic rings. The van der Waals surface area contributed by atoms with E-state index in [2.05, 4.69) is 30.7 Å². The summed E-state index contributed by atoms with van der Waals surface area (Å²) in [5.41, 5.74) is -0.497. The van der Waals surface area contributed by atoms with E-state index in [1.54, 1.807) is 0 Å². The number of carboxylic acids is 1. The van der Waals surface area contributed by atoms with Crippen molar-refractivity contribution < 1.29 is 9.90 Å². The number of aliphatic carboxylic acids is 1. The summed E-state index contributed by atoms with van der Waals surface area (Å²) in [5.74, 6) is 0.114. The van der Waals surface area contributed by atoms with Crippen molar-refractivity contribution in [1.82, 2.24) is 9.80 Å². The number of piperidine rings is 1. The first-order valence-corrected chi connectivity index (χ1v) is 8.63. The summed E-state index contributed by atoms with van der Waals surface area (Å²) in [6, 6.07) is 0.559. The number of likely N-dealkylation sites (tertiary alicyclic amines) is 1. The van der Waals surface area contributed by atoms with Gasteiger partial charge >= 0.3 is 5.97 Å². The molecule has 2 rings (SSSR count). The van der Waals surface area contributed by atoms with Crippen molar-refractivity contribution in [3.8, 4) is 0 Å².